The Hall–Kier alpha value is 0.521. The van der Waals surface area contributed by atoms with E-state index in [2.05, 4.69) is 142 Å². The van der Waals surface area contributed by atoms with Gasteiger partial charge >= 0.3 is 0 Å². The van der Waals surface area contributed by atoms with Gasteiger partial charge in [-0.15, -0.1) is 0 Å². The van der Waals surface area contributed by atoms with Crippen molar-refractivity contribution in [3.8, 4) is 0 Å². The summed E-state index contributed by atoms with van der Waals surface area (Å²) < 4.78 is 0.928. The van der Waals surface area contributed by atoms with Crippen molar-refractivity contribution in [3.63, 3.8) is 0 Å². The van der Waals surface area contributed by atoms with Crippen LogP contribution >= 0.6 is 0 Å². The molecule has 1 rings (SSSR count). The fourth-order valence-corrected chi connectivity index (χ4v) is 70.5. The minimum atomic E-state index is -1.47. The van der Waals surface area contributed by atoms with E-state index in [1.54, 1.807) is 11.1 Å². The Bertz CT molecular complexity index is 641. The van der Waals surface area contributed by atoms with Crippen molar-refractivity contribution in [1.29, 1.82) is 0 Å². The fraction of sp³-hybridized carbons (Fsp3) is 0.769. The molecule has 0 bridgehead atoms. The second-order valence-corrected chi connectivity index (χ2v) is 51.1. The van der Waals surface area contributed by atoms with E-state index < -0.39 is 48.4 Å². The summed E-state index contributed by atoms with van der Waals surface area (Å²) in [5.74, 6) is 0. The third-order valence-corrected chi connectivity index (χ3v) is 50.7. The molecule has 1 aromatic carbocycles. The summed E-state index contributed by atoms with van der Waals surface area (Å²) in [6, 6.07) is 10.6. The molecule has 0 saturated carbocycles. The van der Waals surface area contributed by atoms with Crippen LogP contribution in [0.5, 0.6) is 0 Å². The molecule has 0 unspecified atom stereocenters. The average molecular weight is 539 g/mol. The molecule has 0 saturated heterocycles. The van der Waals surface area contributed by atoms with E-state index in [1.807, 2.05) is 0 Å². The van der Waals surface area contributed by atoms with Gasteiger partial charge in [-0.2, -0.15) is 0 Å². The molecule has 0 radical (unpaired) electrons. The van der Waals surface area contributed by atoms with Gasteiger partial charge in [0.15, 0.2) is 0 Å². The number of hydrogen-bond donors (Lipinski definition) is 0. The Morgan fingerprint density at radius 1 is 0.312 bits per heavy atom. The maximum absolute atomic E-state index is 2.66. The highest BCUT2D eigenvalue weighted by molar-refractivity contribution is 7.15. The first-order chi connectivity index (χ1) is 13.7. The minimum Gasteiger partial charge on any atom is -0.0693 e. The molecule has 0 aliphatic carbocycles. The second-order valence-electron chi connectivity index (χ2n) is 16.6. The first kappa shape index (κ1) is 30.6. The van der Waals surface area contributed by atoms with E-state index in [-0.39, 0.29) is 0 Å². The smallest absolute Gasteiger partial charge is 0.0499 e. The predicted molar refractivity (Wildman–Crippen MR) is 170 cm³/mol. The van der Waals surface area contributed by atoms with Gasteiger partial charge in [0.2, 0.25) is 0 Å². The summed E-state index contributed by atoms with van der Waals surface area (Å²) in [6.07, 6.45) is 0. The van der Waals surface area contributed by atoms with Crippen LogP contribution in [0.25, 0.3) is 0 Å². The van der Waals surface area contributed by atoms with E-state index in [0.29, 0.717) is 8.57 Å². The molecular formula is C26H58Si6. The van der Waals surface area contributed by atoms with E-state index in [9.17, 15) is 0 Å². The molecule has 32 heavy (non-hydrogen) atoms. The molecule has 0 heterocycles. The van der Waals surface area contributed by atoms with E-state index in [1.165, 1.54) is 0 Å². The molecule has 186 valence electrons. The van der Waals surface area contributed by atoms with Crippen LogP contribution in [-0.4, -0.2) is 48.4 Å². The Kier molecular flexibility index (Phi) is 8.19. The van der Waals surface area contributed by atoms with Crippen LogP contribution in [0.15, 0.2) is 24.3 Å². The van der Waals surface area contributed by atoms with E-state index in [0.717, 1.165) is 0 Å². The molecule has 0 aromatic heterocycles. The fourth-order valence-electron chi connectivity index (χ4n) is 10.3. The Balaban J connectivity index is 4.09. The zero-order valence-electron chi connectivity index (χ0n) is 25.3. The maximum atomic E-state index is 2.66. The highest BCUT2D eigenvalue weighted by Gasteiger charge is 2.62. The second kappa shape index (κ2) is 8.57. The van der Waals surface area contributed by atoms with Gasteiger partial charge in [-0.1, -0.05) is 142 Å². The summed E-state index contributed by atoms with van der Waals surface area (Å²) in [4.78, 5) is 0. The zero-order chi connectivity index (χ0) is 26.0. The molecule has 0 spiro atoms. The minimum absolute atomic E-state index is 0.464. The molecule has 1 aromatic rings. The van der Waals surface area contributed by atoms with E-state index >= 15 is 0 Å². The SMILES string of the molecule is C[Si](C)(C)C(c1ccc(C([Si](C)(C)C)([Si](C)(C)C)[Si](C)(C)C)cc1)([Si](C)(C)C)[Si](C)(C)C. The molecule has 0 atom stereocenters. The van der Waals surface area contributed by atoms with Crippen molar-refractivity contribution in [1.82, 2.24) is 0 Å². The molecule has 0 N–H and O–H groups in total. The monoisotopic (exact) mass is 538 g/mol. The van der Waals surface area contributed by atoms with Crippen molar-refractivity contribution in [3.05, 3.63) is 35.4 Å². The number of rotatable bonds is 8. The van der Waals surface area contributed by atoms with Gasteiger partial charge in [0, 0.05) is 48.4 Å². The summed E-state index contributed by atoms with van der Waals surface area (Å²) in [6.45, 7) is 47.9. The van der Waals surface area contributed by atoms with Crippen LogP contribution in [-0.2, 0) is 8.57 Å². The highest BCUT2D eigenvalue weighted by Crippen LogP contribution is 2.52. The molecular weight excluding hydrogens is 481 g/mol. The lowest BCUT2D eigenvalue weighted by molar-refractivity contribution is 0.984. The van der Waals surface area contributed by atoms with Crippen LogP contribution in [0.4, 0.5) is 0 Å². The largest absolute Gasteiger partial charge is 0.0693 e. The van der Waals surface area contributed by atoms with Crippen LogP contribution in [0.2, 0.25) is 118 Å². The Labute approximate surface area is 209 Å². The molecule has 6 heteroatoms. The first-order valence-corrected chi connectivity index (χ1v) is 33.8. The molecule has 0 fully saturated rings. The van der Waals surface area contributed by atoms with Crippen LogP contribution < -0.4 is 0 Å². The van der Waals surface area contributed by atoms with E-state index in [4.69, 9.17) is 0 Å². The van der Waals surface area contributed by atoms with Crippen LogP contribution in [0.1, 0.15) is 11.1 Å². The van der Waals surface area contributed by atoms with Gasteiger partial charge in [0.05, 0.1) is 0 Å². The average Bonchev–Trinajstić information content (AvgIpc) is 2.40. The number of hydrogen-bond acceptors (Lipinski definition) is 0. The maximum Gasteiger partial charge on any atom is 0.0499 e. The lowest BCUT2D eigenvalue weighted by atomic mass is 10.1. The van der Waals surface area contributed by atoms with Crippen molar-refractivity contribution in [2.24, 2.45) is 0 Å². The Morgan fingerprint density at radius 2 is 0.438 bits per heavy atom. The predicted octanol–water partition coefficient (Wildman–Crippen LogP) is 9.43. The standard InChI is InChI=1S/C26H58Si6/c1-27(2,3)25(28(4,5)6,29(7,8)9)23-19-21-24(22-20-23)26(30(10,11)12,31(13,14)15)32(16,17)18/h19-22H,1-18H3. The zero-order valence-corrected chi connectivity index (χ0v) is 31.3. The third-order valence-electron chi connectivity index (χ3n) is 8.50. The normalized spacial score (nSPS) is 15.8. The lowest BCUT2D eigenvalue weighted by Crippen LogP contribution is -2.75. The number of benzene rings is 1. The molecule has 0 aliphatic heterocycles. The van der Waals surface area contributed by atoms with Crippen molar-refractivity contribution in [2.45, 2.75) is 126 Å². The van der Waals surface area contributed by atoms with Gasteiger partial charge in [-0.05, 0) is 19.7 Å². The quantitative estimate of drug-likeness (QED) is 0.289. The summed E-state index contributed by atoms with van der Waals surface area (Å²) in [5, 5.41) is 0. The topological polar surface area (TPSA) is 0 Å². The highest BCUT2D eigenvalue weighted by atomic mass is 28.5. The van der Waals surface area contributed by atoms with Crippen molar-refractivity contribution >= 4 is 48.4 Å². The third kappa shape index (κ3) is 4.54. The molecule has 0 nitrogen and oxygen atoms in total. The van der Waals surface area contributed by atoms with Crippen LogP contribution in [0.3, 0.4) is 0 Å². The molecule has 0 aliphatic rings. The van der Waals surface area contributed by atoms with Gasteiger partial charge in [-0.3, -0.25) is 0 Å². The summed E-state index contributed by atoms with van der Waals surface area (Å²) >= 11 is 0. The van der Waals surface area contributed by atoms with Crippen molar-refractivity contribution < 1.29 is 0 Å². The Morgan fingerprint density at radius 3 is 0.531 bits per heavy atom. The summed E-state index contributed by atoms with van der Waals surface area (Å²) in [7, 11) is -8.83. The molecule has 0 amide bonds. The first-order valence-electron chi connectivity index (χ1n) is 12.8. The van der Waals surface area contributed by atoms with Gasteiger partial charge < -0.3 is 0 Å². The van der Waals surface area contributed by atoms with Crippen LogP contribution in [0, 0.1) is 0 Å². The summed E-state index contributed by atoms with van der Waals surface area (Å²) in [5.41, 5.74) is 3.41. The van der Waals surface area contributed by atoms with Crippen molar-refractivity contribution in [2.75, 3.05) is 0 Å². The van der Waals surface area contributed by atoms with Gasteiger partial charge in [0.1, 0.15) is 0 Å². The lowest BCUT2D eigenvalue weighted by Gasteiger charge is -2.61. The van der Waals surface area contributed by atoms with Gasteiger partial charge in [-0.25, -0.2) is 0 Å². The van der Waals surface area contributed by atoms with Gasteiger partial charge in [0.25, 0.3) is 0 Å².